The molecule has 3 aromatic carbocycles. The molecule has 0 saturated carbocycles. The van der Waals surface area contributed by atoms with Gasteiger partial charge in [0, 0.05) is 28.7 Å². The number of rotatable bonds is 5. The Hall–Kier alpha value is -3.92. The maximum atomic E-state index is 13.7. The first-order chi connectivity index (χ1) is 15.9. The van der Waals surface area contributed by atoms with Gasteiger partial charge in [0.05, 0.1) is 5.69 Å². The maximum Gasteiger partial charge on any atom is 0.261 e. The van der Waals surface area contributed by atoms with Crippen molar-refractivity contribution in [2.24, 2.45) is 0 Å². The smallest absolute Gasteiger partial charge is 0.261 e. The molecule has 4 aromatic rings. The molecule has 0 fully saturated rings. The lowest BCUT2D eigenvalue weighted by atomic mass is 9.98. The normalized spacial score (nSPS) is 10.8. The Balaban J connectivity index is 2.01. The van der Waals surface area contributed by atoms with E-state index in [1.807, 2.05) is 98.1 Å². The molecule has 0 aliphatic carbocycles. The van der Waals surface area contributed by atoms with Gasteiger partial charge in [-0.25, -0.2) is 0 Å². The number of aryl methyl sites for hydroxylation is 4. The van der Waals surface area contributed by atoms with Crippen LogP contribution in [0.5, 0.6) is 0 Å². The summed E-state index contributed by atoms with van der Waals surface area (Å²) in [5.41, 5.74) is 6.75. The van der Waals surface area contributed by atoms with E-state index >= 15 is 0 Å². The van der Waals surface area contributed by atoms with Gasteiger partial charge in [0.15, 0.2) is 5.43 Å². The van der Waals surface area contributed by atoms with E-state index < -0.39 is 5.91 Å². The summed E-state index contributed by atoms with van der Waals surface area (Å²) >= 11 is 0. The second-order valence-corrected chi connectivity index (χ2v) is 8.28. The molecule has 0 saturated heterocycles. The number of aromatic nitrogens is 1. The third-order valence-electron chi connectivity index (χ3n) is 6.02. The van der Waals surface area contributed by atoms with Crippen molar-refractivity contribution in [3.8, 4) is 16.9 Å². The average molecular weight is 437 g/mol. The van der Waals surface area contributed by atoms with Gasteiger partial charge in [-0.3, -0.25) is 9.59 Å². The molecule has 0 aliphatic heterocycles. The first-order valence-corrected chi connectivity index (χ1v) is 11.2. The van der Waals surface area contributed by atoms with Crippen molar-refractivity contribution < 1.29 is 4.79 Å². The molecule has 4 heteroatoms. The first-order valence-electron chi connectivity index (χ1n) is 11.2. The van der Waals surface area contributed by atoms with E-state index in [-0.39, 0.29) is 11.0 Å². The van der Waals surface area contributed by atoms with E-state index in [0.717, 1.165) is 45.7 Å². The average Bonchev–Trinajstić information content (AvgIpc) is 2.80. The Kier molecular flexibility index (Phi) is 6.27. The highest BCUT2D eigenvalue weighted by atomic mass is 16.2. The Morgan fingerprint density at radius 3 is 2.21 bits per heavy atom. The third kappa shape index (κ3) is 4.24. The van der Waals surface area contributed by atoms with Crippen LogP contribution in [-0.4, -0.2) is 10.5 Å². The number of anilines is 1. The molecule has 0 bridgehead atoms. The summed E-state index contributed by atoms with van der Waals surface area (Å²) in [6.45, 7) is 7.91. The van der Waals surface area contributed by atoms with Crippen LogP contribution in [-0.2, 0) is 6.42 Å². The lowest BCUT2D eigenvalue weighted by Crippen LogP contribution is -2.27. The molecule has 0 radical (unpaired) electrons. The van der Waals surface area contributed by atoms with Crippen molar-refractivity contribution in [2.45, 2.75) is 34.1 Å². The highest BCUT2D eigenvalue weighted by Crippen LogP contribution is 2.30. The van der Waals surface area contributed by atoms with Gasteiger partial charge in [-0.2, -0.15) is 0 Å². The highest BCUT2D eigenvalue weighted by Gasteiger charge is 2.24. The zero-order valence-electron chi connectivity index (χ0n) is 19.5. The van der Waals surface area contributed by atoms with Crippen LogP contribution in [0.15, 0.2) is 83.7 Å². The van der Waals surface area contributed by atoms with Crippen molar-refractivity contribution in [1.29, 1.82) is 0 Å². The topological polar surface area (TPSA) is 51.1 Å². The highest BCUT2D eigenvalue weighted by molar-refractivity contribution is 6.09. The fourth-order valence-corrected chi connectivity index (χ4v) is 4.33. The fourth-order valence-electron chi connectivity index (χ4n) is 4.33. The third-order valence-corrected chi connectivity index (χ3v) is 6.02. The molecule has 0 atom stereocenters. The fraction of sp³-hybridized carbons (Fsp3) is 0.172. The van der Waals surface area contributed by atoms with Gasteiger partial charge < -0.3 is 9.88 Å². The van der Waals surface area contributed by atoms with Crippen LogP contribution < -0.4 is 10.7 Å². The maximum absolute atomic E-state index is 13.7. The minimum atomic E-state index is -0.396. The largest absolute Gasteiger partial charge is 0.321 e. The number of nitrogens with one attached hydrogen (secondary N) is 1. The van der Waals surface area contributed by atoms with Crippen LogP contribution in [0.25, 0.3) is 16.9 Å². The summed E-state index contributed by atoms with van der Waals surface area (Å²) in [6.07, 6.45) is 0.782. The van der Waals surface area contributed by atoms with Crippen molar-refractivity contribution in [3.63, 3.8) is 0 Å². The summed E-state index contributed by atoms with van der Waals surface area (Å²) in [6, 6.07) is 25.2. The molecule has 33 heavy (non-hydrogen) atoms. The van der Waals surface area contributed by atoms with Crippen molar-refractivity contribution in [2.75, 3.05) is 5.32 Å². The van der Waals surface area contributed by atoms with Gasteiger partial charge in [0.1, 0.15) is 5.56 Å². The predicted molar refractivity (Wildman–Crippen MR) is 135 cm³/mol. The van der Waals surface area contributed by atoms with Crippen molar-refractivity contribution in [1.82, 2.24) is 4.57 Å². The van der Waals surface area contributed by atoms with Crippen LogP contribution >= 0.6 is 0 Å². The van der Waals surface area contributed by atoms with E-state index in [0.29, 0.717) is 5.69 Å². The molecule has 1 aromatic heterocycles. The monoisotopic (exact) mass is 436 g/mol. The van der Waals surface area contributed by atoms with E-state index in [2.05, 4.69) is 12.2 Å². The van der Waals surface area contributed by atoms with Gasteiger partial charge in [-0.05, 0) is 56.0 Å². The molecule has 0 aliphatic rings. The molecular weight excluding hydrogens is 408 g/mol. The molecule has 4 nitrogen and oxygen atoms in total. The Morgan fingerprint density at radius 1 is 0.848 bits per heavy atom. The minimum absolute atomic E-state index is 0.143. The van der Waals surface area contributed by atoms with Crippen LogP contribution in [0.4, 0.5) is 5.69 Å². The lowest BCUT2D eigenvalue weighted by Gasteiger charge is -2.22. The molecule has 0 unspecified atom stereocenters. The molecule has 4 rings (SSSR count). The van der Waals surface area contributed by atoms with Crippen molar-refractivity contribution in [3.05, 3.63) is 117 Å². The second-order valence-electron chi connectivity index (χ2n) is 8.28. The molecule has 1 heterocycles. The predicted octanol–water partition coefficient (Wildman–Crippen LogP) is 6.24. The molecule has 1 N–H and O–H groups in total. The molecule has 0 spiro atoms. The number of para-hydroxylation sites is 2. The van der Waals surface area contributed by atoms with E-state index in [1.165, 1.54) is 0 Å². The zero-order valence-corrected chi connectivity index (χ0v) is 19.5. The van der Waals surface area contributed by atoms with Gasteiger partial charge in [-0.1, -0.05) is 67.6 Å². The number of pyridine rings is 1. The summed E-state index contributed by atoms with van der Waals surface area (Å²) in [4.78, 5) is 27.1. The van der Waals surface area contributed by atoms with E-state index in [4.69, 9.17) is 0 Å². The Bertz CT molecular complexity index is 1380. The number of amides is 1. The minimum Gasteiger partial charge on any atom is -0.321 e. The summed E-state index contributed by atoms with van der Waals surface area (Å²) in [7, 11) is 0. The number of benzene rings is 3. The molecular formula is C29H28N2O2. The molecule has 1 amide bonds. The summed E-state index contributed by atoms with van der Waals surface area (Å²) in [5, 5.41) is 3.06. The van der Waals surface area contributed by atoms with Crippen LogP contribution in [0.3, 0.4) is 0 Å². The van der Waals surface area contributed by atoms with Gasteiger partial charge in [0.2, 0.25) is 0 Å². The Morgan fingerprint density at radius 2 is 1.52 bits per heavy atom. The zero-order chi connectivity index (χ0) is 23.5. The van der Waals surface area contributed by atoms with Crippen LogP contribution in [0.2, 0.25) is 0 Å². The van der Waals surface area contributed by atoms with Gasteiger partial charge >= 0.3 is 0 Å². The standard InChI is InChI=1S/C29H28N2O2/c1-5-22-14-11-13-20(3)27(22)30-29(33)26-25(32)18-21(4)31(23-15-7-6-8-16-23)28(26)24-17-10-9-12-19(24)2/h6-18H,5H2,1-4H3,(H,30,33). The van der Waals surface area contributed by atoms with Crippen molar-refractivity contribution >= 4 is 11.6 Å². The van der Waals surface area contributed by atoms with Crippen LogP contribution in [0, 0.1) is 20.8 Å². The number of hydrogen-bond acceptors (Lipinski definition) is 2. The summed E-state index contributed by atoms with van der Waals surface area (Å²) < 4.78 is 2.00. The van der Waals surface area contributed by atoms with E-state index in [9.17, 15) is 9.59 Å². The number of carbonyl (C=O) groups excluding carboxylic acids is 1. The van der Waals surface area contributed by atoms with Gasteiger partial charge in [-0.15, -0.1) is 0 Å². The Labute approximate surface area is 194 Å². The quantitative estimate of drug-likeness (QED) is 0.402. The number of hydrogen-bond donors (Lipinski definition) is 1. The molecule has 166 valence electrons. The van der Waals surface area contributed by atoms with Crippen LogP contribution in [0.1, 0.15) is 39.7 Å². The first kappa shape index (κ1) is 22.3. The van der Waals surface area contributed by atoms with E-state index in [1.54, 1.807) is 6.07 Å². The second kappa shape index (κ2) is 9.29. The number of nitrogens with zero attached hydrogens (tertiary/aromatic N) is 1. The summed E-state index contributed by atoms with van der Waals surface area (Å²) in [5.74, 6) is -0.396. The number of carbonyl (C=O) groups is 1. The lowest BCUT2D eigenvalue weighted by molar-refractivity contribution is 0.102. The SMILES string of the molecule is CCc1cccc(C)c1NC(=O)c1c(-c2ccccc2C)n(-c2ccccc2)c(C)cc1=O. The van der Waals surface area contributed by atoms with Gasteiger partial charge in [0.25, 0.3) is 5.91 Å².